The van der Waals surface area contributed by atoms with Gasteiger partial charge in [0.25, 0.3) is 11.5 Å². The van der Waals surface area contributed by atoms with Crippen LogP contribution in [0.3, 0.4) is 0 Å². The molecule has 0 fully saturated rings. The van der Waals surface area contributed by atoms with Crippen LogP contribution in [0.15, 0.2) is 58.1 Å². The molecule has 3 aromatic rings. The number of rotatable bonds is 6. The van der Waals surface area contributed by atoms with Crippen LogP contribution < -0.4 is 16.6 Å². The molecule has 156 valence electrons. The van der Waals surface area contributed by atoms with Crippen LogP contribution >= 0.6 is 0 Å². The van der Waals surface area contributed by atoms with Crippen molar-refractivity contribution in [3.63, 3.8) is 0 Å². The van der Waals surface area contributed by atoms with Gasteiger partial charge >= 0.3 is 5.69 Å². The fourth-order valence-corrected chi connectivity index (χ4v) is 2.77. The van der Waals surface area contributed by atoms with Gasteiger partial charge in [-0.2, -0.15) is 9.78 Å². The van der Waals surface area contributed by atoms with Gasteiger partial charge in [0.1, 0.15) is 17.3 Å². The smallest absolute Gasteiger partial charge is 0.348 e. The van der Waals surface area contributed by atoms with Crippen LogP contribution in [0.5, 0.6) is 0 Å². The molecule has 1 atom stereocenters. The SMILES string of the molecule is CC[C@@H](C)NC(=O)c1nn(-c2ccccc2F)c(=O)n(Cc2ccccc2F)c1=O. The highest BCUT2D eigenvalue weighted by Crippen LogP contribution is 2.10. The van der Waals surface area contributed by atoms with Gasteiger partial charge in [-0.3, -0.25) is 14.2 Å². The molecule has 0 unspecified atom stereocenters. The van der Waals surface area contributed by atoms with Crippen LogP contribution in [-0.2, 0) is 6.54 Å². The van der Waals surface area contributed by atoms with Crippen molar-refractivity contribution in [2.24, 2.45) is 0 Å². The Hall–Kier alpha value is -3.62. The zero-order valence-corrected chi connectivity index (χ0v) is 16.4. The van der Waals surface area contributed by atoms with E-state index in [1.54, 1.807) is 13.0 Å². The molecule has 0 aliphatic heterocycles. The molecule has 0 saturated heterocycles. The molecule has 0 aliphatic rings. The van der Waals surface area contributed by atoms with Crippen molar-refractivity contribution in [2.75, 3.05) is 0 Å². The highest BCUT2D eigenvalue weighted by Gasteiger charge is 2.22. The third-order valence-electron chi connectivity index (χ3n) is 4.63. The van der Waals surface area contributed by atoms with E-state index in [0.29, 0.717) is 15.7 Å². The summed E-state index contributed by atoms with van der Waals surface area (Å²) in [6.07, 6.45) is 0.599. The van der Waals surface area contributed by atoms with Crippen molar-refractivity contribution >= 4 is 5.91 Å². The summed E-state index contributed by atoms with van der Waals surface area (Å²) in [5.41, 5.74) is -2.74. The molecular weight excluding hydrogens is 394 g/mol. The van der Waals surface area contributed by atoms with Gasteiger partial charge in [0.05, 0.1) is 6.54 Å². The Morgan fingerprint density at radius 1 is 1.07 bits per heavy atom. The van der Waals surface area contributed by atoms with Crippen molar-refractivity contribution in [1.29, 1.82) is 0 Å². The van der Waals surface area contributed by atoms with E-state index < -0.39 is 41.0 Å². The second-order valence-electron chi connectivity index (χ2n) is 6.76. The van der Waals surface area contributed by atoms with Gasteiger partial charge in [-0.05, 0) is 31.5 Å². The number of nitrogens with zero attached hydrogens (tertiary/aromatic N) is 3. The number of halogens is 2. The Morgan fingerprint density at radius 2 is 1.70 bits per heavy atom. The summed E-state index contributed by atoms with van der Waals surface area (Å²) < 4.78 is 29.8. The second kappa shape index (κ2) is 8.81. The molecule has 0 bridgehead atoms. The predicted octanol–water partition coefficient (Wildman–Crippen LogP) is 2.25. The number of amides is 1. The Labute approximate surface area is 170 Å². The summed E-state index contributed by atoms with van der Waals surface area (Å²) in [6.45, 7) is 3.14. The Morgan fingerprint density at radius 3 is 2.33 bits per heavy atom. The zero-order chi connectivity index (χ0) is 21.8. The third kappa shape index (κ3) is 4.19. The fraction of sp³-hybridized carbons (Fsp3) is 0.238. The first kappa shape index (κ1) is 21.1. The van der Waals surface area contributed by atoms with E-state index in [1.807, 2.05) is 6.92 Å². The normalized spacial score (nSPS) is 11.9. The topological polar surface area (TPSA) is 86.0 Å². The van der Waals surface area contributed by atoms with E-state index >= 15 is 0 Å². The standard InChI is InChI=1S/C21H20F2N4O3/c1-3-13(2)24-19(28)18-20(29)26(12-14-8-4-5-9-15(14)22)21(30)27(25-18)17-11-7-6-10-16(17)23/h4-11,13H,3,12H2,1-2H3,(H,24,28)/t13-/m1/s1. The first-order valence-electron chi connectivity index (χ1n) is 9.36. The lowest BCUT2D eigenvalue weighted by Gasteiger charge is -2.14. The lowest BCUT2D eigenvalue weighted by molar-refractivity contribution is 0.0929. The minimum absolute atomic E-state index is 0.0660. The summed E-state index contributed by atoms with van der Waals surface area (Å²) in [7, 11) is 0. The quantitative estimate of drug-likeness (QED) is 0.670. The maximum Gasteiger partial charge on any atom is 0.352 e. The molecule has 1 heterocycles. The van der Waals surface area contributed by atoms with Crippen LogP contribution in [0.1, 0.15) is 36.3 Å². The van der Waals surface area contributed by atoms with Gasteiger partial charge in [-0.25, -0.2) is 13.6 Å². The predicted molar refractivity (Wildman–Crippen MR) is 107 cm³/mol. The molecule has 2 aromatic carbocycles. The van der Waals surface area contributed by atoms with E-state index in [1.165, 1.54) is 36.4 Å². The van der Waals surface area contributed by atoms with Gasteiger partial charge < -0.3 is 5.32 Å². The molecule has 1 amide bonds. The largest absolute Gasteiger partial charge is 0.352 e. The minimum atomic E-state index is -0.992. The molecule has 0 radical (unpaired) electrons. The first-order chi connectivity index (χ1) is 14.3. The Kier molecular flexibility index (Phi) is 6.20. The van der Waals surface area contributed by atoms with E-state index in [9.17, 15) is 23.2 Å². The summed E-state index contributed by atoms with van der Waals surface area (Å²) in [4.78, 5) is 38.5. The molecule has 0 saturated carbocycles. The molecule has 0 spiro atoms. The minimum Gasteiger partial charge on any atom is -0.348 e. The number of carbonyl (C=O) groups is 1. The van der Waals surface area contributed by atoms with Gasteiger partial charge in [0, 0.05) is 11.6 Å². The van der Waals surface area contributed by atoms with Crippen molar-refractivity contribution in [2.45, 2.75) is 32.9 Å². The zero-order valence-electron chi connectivity index (χ0n) is 16.4. The van der Waals surface area contributed by atoms with Crippen LogP contribution in [-0.4, -0.2) is 26.3 Å². The molecule has 3 rings (SSSR count). The third-order valence-corrected chi connectivity index (χ3v) is 4.63. The molecule has 7 nitrogen and oxygen atoms in total. The summed E-state index contributed by atoms with van der Waals surface area (Å²) in [5, 5.41) is 6.44. The number of carbonyl (C=O) groups excluding carboxylic acids is 1. The van der Waals surface area contributed by atoms with Gasteiger partial charge in [0.2, 0.25) is 5.69 Å². The molecule has 0 aliphatic carbocycles. The number of nitrogens with one attached hydrogen (secondary N) is 1. The molecule has 9 heteroatoms. The van der Waals surface area contributed by atoms with Gasteiger partial charge in [-0.15, -0.1) is 0 Å². The van der Waals surface area contributed by atoms with E-state index in [0.717, 1.165) is 6.07 Å². The van der Waals surface area contributed by atoms with E-state index in [4.69, 9.17) is 0 Å². The number of hydrogen-bond donors (Lipinski definition) is 1. The highest BCUT2D eigenvalue weighted by molar-refractivity contribution is 5.91. The van der Waals surface area contributed by atoms with Crippen LogP contribution in [0.4, 0.5) is 8.78 Å². The van der Waals surface area contributed by atoms with Gasteiger partial charge in [0.15, 0.2) is 0 Å². The average molecular weight is 414 g/mol. The number of benzene rings is 2. The maximum atomic E-state index is 14.3. The Bertz CT molecular complexity index is 1200. The summed E-state index contributed by atoms with van der Waals surface area (Å²) in [5.74, 6) is -2.19. The number of aromatic nitrogens is 3. The van der Waals surface area contributed by atoms with Crippen LogP contribution in [0.25, 0.3) is 5.69 Å². The van der Waals surface area contributed by atoms with Crippen molar-refractivity contribution in [3.05, 3.63) is 92.3 Å². The summed E-state index contributed by atoms with van der Waals surface area (Å²) >= 11 is 0. The van der Waals surface area contributed by atoms with Crippen LogP contribution in [0, 0.1) is 11.6 Å². The van der Waals surface area contributed by atoms with Gasteiger partial charge in [-0.1, -0.05) is 37.3 Å². The summed E-state index contributed by atoms with van der Waals surface area (Å²) in [6, 6.07) is 10.7. The highest BCUT2D eigenvalue weighted by atomic mass is 19.1. The monoisotopic (exact) mass is 414 g/mol. The van der Waals surface area contributed by atoms with Crippen molar-refractivity contribution < 1.29 is 13.6 Å². The lowest BCUT2D eigenvalue weighted by atomic mass is 10.2. The first-order valence-corrected chi connectivity index (χ1v) is 9.36. The number of para-hydroxylation sites is 1. The number of hydrogen-bond acceptors (Lipinski definition) is 4. The fourth-order valence-electron chi connectivity index (χ4n) is 2.77. The second-order valence-corrected chi connectivity index (χ2v) is 6.76. The Balaban J connectivity index is 2.23. The van der Waals surface area contributed by atoms with Crippen molar-refractivity contribution in [1.82, 2.24) is 19.7 Å². The average Bonchev–Trinajstić information content (AvgIpc) is 2.73. The molecule has 1 N–H and O–H groups in total. The van der Waals surface area contributed by atoms with E-state index in [-0.39, 0.29) is 17.3 Å². The van der Waals surface area contributed by atoms with Crippen LogP contribution in [0.2, 0.25) is 0 Å². The molecule has 30 heavy (non-hydrogen) atoms. The van der Waals surface area contributed by atoms with E-state index in [2.05, 4.69) is 10.4 Å². The van der Waals surface area contributed by atoms with Crippen molar-refractivity contribution in [3.8, 4) is 5.69 Å². The molecule has 1 aromatic heterocycles. The molecular formula is C21H20F2N4O3. The maximum absolute atomic E-state index is 14.3. The lowest BCUT2D eigenvalue weighted by Crippen LogP contribution is -2.47.